The number of methoxy groups -OCH3 is 1. The third kappa shape index (κ3) is 2.65. The van der Waals surface area contributed by atoms with Crippen LogP contribution in [0.4, 0.5) is 0 Å². The summed E-state index contributed by atoms with van der Waals surface area (Å²) in [7, 11) is -1.66. The van der Waals surface area contributed by atoms with Crippen LogP contribution in [0.2, 0.25) is 0 Å². The third-order valence-electron chi connectivity index (χ3n) is 3.31. The predicted octanol–water partition coefficient (Wildman–Crippen LogP) is 2.70. The molecule has 0 amide bonds. The maximum Gasteiger partial charge on any atom is 0.178 e. The van der Waals surface area contributed by atoms with E-state index >= 15 is 0 Å². The van der Waals surface area contributed by atoms with E-state index in [4.69, 9.17) is 17.0 Å². The Hall–Kier alpha value is -1.18. The number of nitrogens with one attached hydrogen (secondary N) is 1. The van der Waals surface area contributed by atoms with Crippen molar-refractivity contribution < 1.29 is 13.2 Å². The van der Waals surface area contributed by atoms with Crippen molar-refractivity contribution in [2.75, 3.05) is 20.0 Å². The number of H-pyrrole nitrogens is 1. The van der Waals surface area contributed by atoms with Gasteiger partial charge in [-0.05, 0) is 30.8 Å². The quantitative estimate of drug-likeness (QED) is 0.862. The lowest BCUT2D eigenvalue weighted by molar-refractivity contribution is 0.154. The van der Waals surface area contributed by atoms with E-state index < -0.39 is 9.84 Å². The summed E-state index contributed by atoms with van der Waals surface area (Å²) in [5.41, 5.74) is 1.36. The molecule has 5 nitrogen and oxygen atoms in total. The van der Waals surface area contributed by atoms with Gasteiger partial charge in [0.2, 0.25) is 0 Å². The summed E-state index contributed by atoms with van der Waals surface area (Å²) in [5.74, 6) is 0. The topological polar surface area (TPSA) is 64.1 Å². The fraction of sp³-hybridized carbons (Fsp3) is 0.462. The highest BCUT2D eigenvalue weighted by Crippen LogP contribution is 2.26. The third-order valence-corrected chi connectivity index (χ3v) is 4.75. The highest BCUT2D eigenvalue weighted by Gasteiger charge is 2.18. The van der Waals surface area contributed by atoms with Gasteiger partial charge in [0, 0.05) is 13.4 Å². The zero-order valence-electron chi connectivity index (χ0n) is 11.7. The fourth-order valence-electron chi connectivity index (χ4n) is 2.36. The largest absolute Gasteiger partial charge is 0.383 e. The Morgan fingerprint density at radius 1 is 1.45 bits per heavy atom. The first-order valence-corrected chi connectivity index (χ1v) is 8.62. The van der Waals surface area contributed by atoms with Gasteiger partial charge in [0.1, 0.15) is 0 Å². The first-order valence-electron chi connectivity index (χ1n) is 6.32. The van der Waals surface area contributed by atoms with Crippen LogP contribution in [0.3, 0.4) is 0 Å². The van der Waals surface area contributed by atoms with Crippen LogP contribution in [-0.4, -0.2) is 37.9 Å². The summed E-state index contributed by atoms with van der Waals surface area (Å²) >= 11 is 5.35. The van der Waals surface area contributed by atoms with E-state index in [1.54, 1.807) is 19.2 Å². The average molecular weight is 314 g/mol. The molecule has 7 heteroatoms. The van der Waals surface area contributed by atoms with Crippen LogP contribution in [-0.2, 0) is 14.6 Å². The predicted molar refractivity (Wildman–Crippen MR) is 81.4 cm³/mol. The summed E-state index contributed by atoms with van der Waals surface area (Å²) in [6.45, 7) is 2.57. The fourth-order valence-corrected chi connectivity index (χ4v) is 3.56. The Labute approximate surface area is 123 Å². The van der Waals surface area contributed by atoms with Gasteiger partial charge in [0.25, 0.3) is 0 Å². The Morgan fingerprint density at radius 3 is 2.70 bits per heavy atom. The molecule has 1 aromatic carbocycles. The summed E-state index contributed by atoms with van der Waals surface area (Å²) in [5, 5.41) is 0. The number of rotatable bonds is 5. The molecule has 1 N–H and O–H groups in total. The number of hydrogen-bond acceptors (Lipinski definition) is 4. The van der Waals surface area contributed by atoms with E-state index in [-0.39, 0.29) is 10.9 Å². The number of fused-ring (bicyclic) bond motifs is 1. The molecule has 110 valence electrons. The summed E-state index contributed by atoms with van der Waals surface area (Å²) in [6, 6.07) is 5.27. The lowest BCUT2D eigenvalue weighted by atomic mass is 10.2. The van der Waals surface area contributed by atoms with Crippen LogP contribution >= 0.6 is 12.2 Å². The maximum atomic E-state index is 11.8. The first kappa shape index (κ1) is 15.2. The van der Waals surface area contributed by atoms with Gasteiger partial charge >= 0.3 is 0 Å². The Kier molecular flexibility index (Phi) is 4.31. The van der Waals surface area contributed by atoms with Crippen LogP contribution in [0.1, 0.15) is 19.4 Å². The first-order chi connectivity index (χ1) is 9.40. The standard InChI is InChI=1S/C13H18N2O3S2/c1-4-9(8-18-2)15-10-6-5-7-11(20(3,16)17)12(10)14-13(15)19/h5-7,9H,4,8H2,1-3H3,(H,14,19). The van der Waals surface area contributed by atoms with E-state index in [2.05, 4.69) is 4.98 Å². The van der Waals surface area contributed by atoms with Crippen LogP contribution in [0.5, 0.6) is 0 Å². The van der Waals surface area contributed by atoms with Gasteiger partial charge in [-0.25, -0.2) is 8.42 Å². The minimum absolute atomic E-state index is 0.0797. The minimum Gasteiger partial charge on any atom is -0.383 e. The molecule has 0 radical (unpaired) electrons. The number of aromatic nitrogens is 2. The average Bonchev–Trinajstić information content (AvgIpc) is 2.70. The molecule has 0 saturated carbocycles. The molecule has 1 aromatic heterocycles. The number of nitrogens with zero attached hydrogens (tertiary/aromatic N) is 1. The van der Waals surface area contributed by atoms with Crippen molar-refractivity contribution >= 4 is 33.1 Å². The van der Waals surface area contributed by atoms with E-state index in [0.29, 0.717) is 16.9 Å². The molecule has 2 rings (SSSR count). The van der Waals surface area contributed by atoms with E-state index in [0.717, 1.165) is 11.9 Å². The Balaban J connectivity index is 2.76. The molecular weight excluding hydrogens is 296 g/mol. The lowest BCUT2D eigenvalue weighted by Crippen LogP contribution is -2.13. The van der Waals surface area contributed by atoms with Gasteiger partial charge in [-0.2, -0.15) is 0 Å². The highest BCUT2D eigenvalue weighted by molar-refractivity contribution is 7.91. The minimum atomic E-state index is -3.30. The van der Waals surface area contributed by atoms with Gasteiger partial charge in [-0.15, -0.1) is 0 Å². The zero-order valence-corrected chi connectivity index (χ0v) is 13.3. The Morgan fingerprint density at radius 2 is 2.15 bits per heavy atom. The number of para-hydroxylation sites is 1. The van der Waals surface area contributed by atoms with Crippen molar-refractivity contribution in [2.45, 2.75) is 24.3 Å². The molecule has 20 heavy (non-hydrogen) atoms. The van der Waals surface area contributed by atoms with Gasteiger partial charge in [0.15, 0.2) is 14.6 Å². The second kappa shape index (κ2) is 5.67. The van der Waals surface area contributed by atoms with Crippen molar-refractivity contribution in [2.24, 2.45) is 0 Å². The summed E-state index contributed by atoms with van der Waals surface area (Å²) in [4.78, 5) is 3.29. The summed E-state index contributed by atoms with van der Waals surface area (Å²) in [6.07, 6.45) is 2.04. The highest BCUT2D eigenvalue weighted by atomic mass is 32.2. The summed E-state index contributed by atoms with van der Waals surface area (Å²) < 4.78 is 31.4. The normalized spacial score (nSPS) is 13.8. The van der Waals surface area contributed by atoms with Crippen LogP contribution < -0.4 is 0 Å². The number of hydrogen-bond donors (Lipinski definition) is 1. The van der Waals surface area contributed by atoms with Crippen molar-refractivity contribution in [3.63, 3.8) is 0 Å². The number of aromatic amines is 1. The van der Waals surface area contributed by atoms with E-state index in [9.17, 15) is 8.42 Å². The van der Waals surface area contributed by atoms with Gasteiger partial charge < -0.3 is 14.3 Å². The SMILES string of the molecule is CCC(COC)n1c(=S)[nH]c2c(S(C)(=O)=O)cccc21. The van der Waals surface area contributed by atoms with Crippen molar-refractivity contribution in [3.8, 4) is 0 Å². The van der Waals surface area contributed by atoms with Gasteiger partial charge in [-0.1, -0.05) is 13.0 Å². The molecule has 0 aliphatic carbocycles. The molecule has 0 saturated heterocycles. The number of ether oxygens (including phenoxy) is 1. The maximum absolute atomic E-state index is 11.8. The number of imidazole rings is 1. The second-order valence-electron chi connectivity index (χ2n) is 4.74. The molecule has 2 aromatic rings. The second-order valence-corrected chi connectivity index (χ2v) is 7.11. The van der Waals surface area contributed by atoms with Crippen molar-refractivity contribution in [1.29, 1.82) is 0 Å². The number of sulfone groups is 1. The molecule has 0 spiro atoms. The van der Waals surface area contributed by atoms with Crippen LogP contribution in [0, 0.1) is 4.77 Å². The van der Waals surface area contributed by atoms with Gasteiger partial charge in [0.05, 0.1) is 28.6 Å². The van der Waals surface area contributed by atoms with E-state index in [1.165, 1.54) is 6.26 Å². The zero-order chi connectivity index (χ0) is 14.9. The van der Waals surface area contributed by atoms with E-state index in [1.807, 2.05) is 17.6 Å². The molecule has 0 aliphatic rings. The molecule has 0 bridgehead atoms. The van der Waals surface area contributed by atoms with Crippen molar-refractivity contribution in [3.05, 3.63) is 23.0 Å². The van der Waals surface area contributed by atoms with Crippen LogP contribution in [0.25, 0.3) is 11.0 Å². The molecular formula is C13H18N2O3S2. The van der Waals surface area contributed by atoms with Gasteiger partial charge in [-0.3, -0.25) is 0 Å². The molecule has 1 atom stereocenters. The van der Waals surface area contributed by atoms with Crippen LogP contribution in [0.15, 0.2) is 23.1 Å². The lowest BCUT2D eigenvalue weighted by Gasteiger charge is -2.16. The molecule has 0 aliphatic heterocycles. The number of benzene rings is 1. The Bertz CT molecular complexity index is 775. The van der Waals surface area contributed by atoms with Crippen molar-refractivity contribution in [1.82, 2.24) is 9.55 Å². The molecule has 0 fully saturated rings. The monoisotopic (exact) mass is 314 g/mol. The smallest absolute Gasteiger partial charge is 0.178 e. The molecule has 1 heterocycles. The molecule has 1 unspecified atom stereocenters.